The van der Waals surface area contributed by atoms with Gasteiger partial charge in [-0.2, -0.15) is 13.2 Å². The molecule has 1 amide bonds. The monoisotopic (exact) mass is 402 g/mol. The fraction of sp³-hybridized carbons (Fsp3) is 0.435. The fourth-order valence-corrected chi connectivity index (χ4v) is 4.38. The van der Waals surface area contributed by atoms with E-state index in [1.54, 1.807) is 24.3 Å². The number of hydrogen-bond acceptors (Lipinski definition) is 2. The molecule has 1 atom stereocenters. The zero-order chi connectivity index (χ0) is 20.4. The van der Waals surface area contributed by atoms with E-state index in [0.717, 1.165) is 56.7 Å². The topological polar surface area (TPSA) is 23.6 Å². The summed E-state index contributed by atoms with van der Waals surface area (Å²) in [6.07, 6.45) is 0.230. The van der Waals surface area contributed by atoms with Crippen LogP contribution >= 0.6 is 0 Å². The summed E-state index contributed by atoms with van der Waals surface area (Å²) in [5.41, 5.74) is 1.47. The summed E-state index contributed by atoms with van der Waals surface area (Å²) in [6, 6.07) is 12.5. The highest BCUT2D eigenvalue weighted by atomic mass is 19.4. The molecule has 0 aromatic heterocycles. The Morgan fingerprint density at radius 1 is 0.862 bits per heavy atom. The van der Waals surface area contributed by atoms with Crippen LogP contribution in [0, 0.1) is 0 Å². The van der Waals surface area contributed by atoms with E-state index in [0.29, 0.717) is 11.1 Å². The molecule has 3 nitrogen and oxygen atoms in total. The molecule has 0 aliphatic carbocycles. The maximum atomic E-state index is 13.0. The standard InChI is InChI=1S/C23H25F3N2O/c24-23(25,26)20-11-9-18(10-12-20)17-5-7-19(8-6-17)22(29)28-15-3-4-21(28)16-27-13-1-2-14-27/h5-12,21H,1-4,13-16H2. The molecule has 154 valence electrons. The third kappa shape index (κ3) is 4.47. The minimum Gasteiger partial charge on any atom is -0.334 e. The largest absolute Gasteiger partial charge is 0.416 e. The lowest BCUT2D eigenvalue weighted by Gasteiger charge is -2.28. The first kappa shape index (κ1) is 20.0. The second-order valence-electron chi connectivity index (χ2n) is 7.95. The number of alkyl halides is 3. The van der Waals surface area contributed by atoms with E-state index < -0.39 is 11.7 Å². The molecule has 0 saturated carbocycles. The second kappa shape index (κ2) is 8.19. The number of halogens is 3. The molecule has 2 aliphatic rings. The van der Waals surface area contributed by atoms with Crippen molar-refractivity contribution in [2.75, 3.05) is 26.2 Å². The number of likely N-dealkylation sites (tertiary alicyclic amines) is 2. The molecule has 2 fully saturated rings. The molecule has 0 spiro atoms. The molecule has 4 rings (SSSR count). The summed E-state index contributed by atoms with van der Waals surface area (Å²) in [5.74, 6) is 0.0469. The highest BCUT2D eigenvalue weighted by Crippen LogP contribution is 2.31. The lowest BCUT2D eigenvalue weighted by Crippen LogP contribution is -2.42. The summed E-state index contributed by atoms with van der Waals surface area (Å²) in [4.78, 5) is 17.5. The number of benzene rings is 2. The van der Waals surface area contributed by atoms with Crippen LogP contribution in [-0.4, -0.2) is 47.9 Å². The van der Waals surface area contributed by atoms with Gasteiger partial charge in [-0.3, -0.25) is 4.79 Å². The molecule has 1 unspecified atom stereocenters. The van der Waals surface area contributed by atoms with Crippen molar-refractivity contribution in [1.29, 1.82) is 0 Å². The summed E-state index contributed by atoms with van der Waals surface area (Å²) >= 11 is 0. The van der Waals surface area contributed by atoms with E-state index in [1.807, 2.05) is 4.90 Å². The zero-order valence-corrected chi connectivity index (χ0v) is 16.3. The molecule has 2 heterocycles. The van der Waals surface area contributed by atoms with Gasteiger partial charge in [0.1, 0.15) is 0 Å². The van der Waals surface area contributed by atoms with Crippen molar-refractivity contribution in [3.8, 4) is 11.1 Å². The van der Waals surface area contributed by atoms with E-state index in [4.69, 9.17) is 0 Å². The van der Waals surface area contributed by atoms with Crippen LogP contribution in [0.1, 0.15) is 41.6 Å². The van der Waals surface area contributed by atoms with Crippen molar-refractivity contribution >= 4 is 5.91 Å². The Hall–Kier alpha value is -2.34. The molecule has 2 aromatic carbocycles. The minimum atomic E-state index is -4.34. The van der Waals surface area contributed by atoms with Crippen molar-refractivity contribution in [3.63, 3.8) is 0 Å². The van der Waals surface area contributed by atoms with Crippen molar-refractivity contribution in [2.45, 2.75) is 37.9 Å². The van der Waals surface area contributed by atoms with Gasteiger partial charge in [-0.15, -0.1) is 0 Å². The summed E-state index contributed by atoms with van der Waals surface area (Å²) in [6.45, 7) is 3.99. The average Bonchev–Trinajstić information content (AvgIpc) is 3.39. The minimum absolute atomic E-state index is 0.0469. The van der Waals surface area contributed by atoms with Gasteiger partial charge in [-0.1, -0.05) is 24.3 Å². The smallest absolute Gasteiger partial charge is 0.334 e. The summed E-state index contributed by atoms with van der Waals surface area (Å²) in [7, 11) is 0. The first-order chi connectivity index (χ1) is 13.9. The van der Waals surface area contributed by atoms with Crippen LogP contribution in [0.25, 0.3) is 11.1 Å². The number of amides is 1. The Balaban J connectivity index is 1.45. The molecular formula is C23H25F3N2O. The average molecular weight is 402 g/mol. The van der Waals surface area contributed by atoms with Gasteiger partial charge >= 0.3 is 6.18 Å². The van der Waals surface area contributed by atoms with E-state index >= 15 is 0 Å². The quantitative estimate of drug-likeness (QED) is 0.713. The van der Waals surface area contributed by atoms with Crippen LogP contribution in [0.3, 0.4) is 0 Å². The number of carbonyl (C=O) groups is 1. The number of rotatable bonds is 4. The normalized spacial score (nSPS) is 20.4. The third-order valence-corrected chi connectivity index (χ3v) is 5.98. The van der Waals surface area contributed by atoms with Crippen LogP contribution in [0.4, 0.5) is 13.2 Å². The maximum absolute atomic E-state index is 13.0. The highest BCUT2D eigenvalue weighted by Gasteiger charge is 2.32. The number of hydrogen-bond donors (Lipinski definition) is 0. The molecule has 0 N–H and O–H groups in total. The maximum Gasteiger partial charge on any atom is 0.416 e. The van der Waals surface area contributed by atoms with Crippen molar-refractivity contribution in [2.24, 2.45) is 0 Å². The van der Waals surface area contributed by atoms with E-state index in [2.05, 4.69) is 4.90 Å². The molecule has 29 heavy (non-hydrogen) atoms. The first-order valence-corrected chi connectivity index (χ1v) is 10.2. The third-order valence-electron chi connectivity index (χ3n) is 5.98. The molecule has 2 aromatic rings. The van der Waals surface area contributed by atoms with Crippen LogP contribution in [0.5, 0.6) is 0 Å². The first-order valence-electron chi connectivity index (χ1n) is 10.2. The van der Waals surface area contributed by atoms with Gasteiger partial charge in [0.25, 0.3) is 5.91 Å². The van der Waals surface area contributed by atoms with Crippen LogP contribution in [0.2, 0.25) is 0 Å². The Morgan fingerprint density at radius 3 is 2.03 bits per heavy atom. The Morgan fingerprint density at radius 2 is 1.45 bits per heavy atom. The number of nitrogens with zero attached hydrogens (tertiary/aromatic N) is 2. The Bertz CT molecular complexity index is 840. The molecule has 2 aliphatic heterocycles. The number of carbonyl (C=O) groups excluding carboxylic acids is 1. The fourth-order valence-electron chi connectivity index (χ4n) is 4.38. The van der Waals surface area contributed by atoms with Gasteiger partial charge in [-0.25, -0.2) is 0 Å². The molecule has 2 saturated heterocycles. The van der Waals surface area contributed by atoms with Crippen LogP contribution in [0.15, 0.2) is 48.5 Å². The van der Waals surface area contributed by atoms with Gasteiger partial charge in [0.15, 0.2) is 0 Å². The highest BCUT2D eigenvalue weighted by molar-refractivity contribution is 5.95. The van der Waals surface area contributed by atoms with Gasteiger partial charge in [0.2, 0.25) is 0 Å². The Kier molecular flexibility index (Phi) is 5.63. The van der Waals surface area contributed by atoms with Crippen LogP contribution in [-0.2, 0) is 6.18 Å². The van der Waals surface area contributed by atoms with E-state index in [-0.39, 0.29) is 11.9 Å². The predicted molar refractivity (Wildman–Crippen MR) is 107 cm³/mol. The van der Waals surface area contributed by atoms with Gasteiger partial charge in [0, 0.05) is 24.7 Å². The lowest BCUT2D eigenvalue weighted by atomic mass is 10.0. The summed E-state index contributed by atoms with van der Waals surface area (Å²) in [5, 5.41) is 0. The molecular weight excluding hydrogens is 377 g/mol. The zero-order valence-electron chi connectivity index (χ0n) is 16.3. The molecule has 6 heteroatoms. The molecule has 0 radical (unpaired) electrons. The molecule has 0 bridgehead atoms. The van der Waals surface area contributed by atoms with Crippen LogP contribution < -0.4 is 0 Å². The lowest BCUT2D eigenvalue weighted by molar-refractivity contribution is -0.137. The van der Waals surface area contributed by atoms with Crippen molar-refractivity contribution in [3.05, 3.63) is 59.7 Å². The van der Waals surface area contributed by atoms with E-state index in [9.17, 15) is 18.0 Å². The van der Waals surface area contributed by atoms with Crippen molar-refractivity contribution in [1.82, 2.24) is 9.80 Å². The van der Waals surface area contributed by atoms with Gasteiger partial charge in [0.05, 0.1) is 5.56 Å². The SMILES string of the molecule is O=C(c1ccc(-c2ccc(C(F)(F)F)cc2)cc1)N1CCCC1CN1CCCC1. The predicted octanol–water partition coefficient (Wildman–Crippen LogP) is 5.07. The Labute approximate surface area is 169 Å². The van der Waals surface area contributed by atoms with Gasteiger partial charge in [-0.05, 0) is 74.2 Å². The van der Waals surface area contributed by atoms with Gasteiger partial charge < -0.3 is 9.80 Å². The van der Waals surface area contributed by atoms with E-state index in [1.165, 1.54) is 25.0 Å². The second-order valence-corrected chi connectivity index (χ2v) is 7.95. The van der Waals surface area contributed by atoms with Crippen molar-refractivity contribution < 1.29 is 18.0 Å². The summed E-state index contributed by atoms with van der Waals surface area (Å²) < 4.78 is 38.2.